The molecular formula is C80H131NO8P+. The van der Waals surface area contributed by atoms with Gasteiger partial charge in [-0.3, -0.25) is 18.6 Å². The van der Waals surface area contributed by atoms with Gasteiger partial charge in [-0.2, -0.15) is 0 Å². The average molecular weight is 1270 g/mol. The second-order valence-electron chi connectivity index (χ2n) is 24.2. The molecule has 90 heavy (non-hydrogen) atoms. The summed E-state index contributed by atoms with van der Waals surface area (Å²) >= 11 is 0. The first-order valence-corrected chi connectivity index (χ1v) is 37.0. The Bertz CT molecular complexity index is 2170. The first-order chi connectivity index (χ1) is 44.0. The molecule has 2 atom stereocenters. The van der Waals surface area contributed by atoms with Crippen molar-refractivity contribution in [2.24, 2.45) is 0 Å². The van der Waals surface area contributed by atoms with E-state index in [9.17, 15) is 19.0 Å². The van der Waals surface area contributed by atoms with E-state index in [0.717, 1.165) is 141 Å². The van der Waals surface area contributed by atoms with E-state index in [2.05, 4.69) is 196 Å². The van der Waals surface area contributed by atoms with Gasteiger partial charge >= 0.3 is 19.8 Å². The largest absolute Gasteiger partial charge is 0.472 e. The number of hydrogen-bond donors (Lipinski definition) is 1. The number of carbonyl (C=O) groups is 2. The number of allylic oxidation sites excluding steroid dienone is 30. The molecule has 0 spiro atoms. The first-order valence-electron chi connectivity index (χ1n) is 35.5. The molecule has 0 aliphatic rings. The minimum atomic E-state index is -4.41. The zero-order valence-electron chi connectivity index (χ0n) is 57.8. The van der Waals surface area contributed by atoms with Gasteiger partial charge in [-0.15, -0.1) is 0 Å². The molecule has 508 valence electrons. The van der Waals surface area contributed by atoms with Gasteiger partial charge in [0.1, 0.15) is 19.8 Å². The van der Waals surface area contributed by atoms with Crippen LogP contribution in [0.2, 0.25) is 0 Å². The molecule has 0 aromatic rings. The molecule has 0 radical (unpaired) electrons. The van der Waals surface area contributed by atoms with Crippen molar-refractivity contribution < 1.29 is 42.1 Å². The predicted octanol–water partition coefficient (Wildman–Crippen LogP) is 23.5. The summed E-state index contributed by atoms with van der Waals surface area (Å²) in [4.78, 5) is 35.9. The van der Waals surface area contributed by atoms with Crippen molar-refractivity contribution >= 4 is 19.8 Å². The lowest BCUT2D eigenvalue weighted by molar-refractivity contribution is -0.870. The van der Waals surface area contributed by atoms with Crippen LogP contribution in [0.3, 0.4) is 0 Å². The summed E-state index contributed by atoms with van der Waals surface area (Å²) in [6.07, 6.45) is 106. The summed E-state index contributed by atoms with van der Waals surface area (Å²) in [5.41, 5.74) is 0. The number of carbonyl (C=O) groups excluding carboxylic acids is 2. The average Bonchev–Trinajstić information content (AvgIpc) is 3.61. The predicted molar refractivity (Wildman–Crippen MR) is 389 cm³/mol. The van der Waals surface area contributed by atoms with Gasteiger partial charge in [0.05, 0.1) is 27.7 Å². The highest BCUT2D eigenvalue weighted by Crippen LogP contribution is 2.43. The summed E-state index contributed by atoms with van der Waals surface area (Å²) in [5.74, 6) is -0.836. The van der Waals surface area contributed by atoms with Gasteiger partial charge < -0.3 is 18.9 Å². The van der Waals surface area contributed by atoms with Crippen LogP contribution in [0.1, 0.15) is 258 Å². The molecule has 1 N–H and O–H groups in total. The van der Waals surface area contributed by atoms with Crippen LogP contribution in [0.5, 0.6) is 0 Å². The van der Waals surface area contributed by atoms with Crippen molar-refractivity contribution in [2.45, 2.75) is 264 Å². The molecule has 0 aliphatic heterocycles. The van der Waals surface area contributed by atoms with Crippen molar-refractivity contribution in [2.75, 3.05) is 47.5 Å². The maximum atomic E-state index is 12.9. The van der Waals surface area contributed by atoms with Crippen LogP contribution in [0.4, 0.5) is 0 Å². The molecule has 0 aliphatic carbocycles. The summed E-state index contributed by atoms with van der Waals surface area (Å²) in [6.45, 7) is 4.16. The second-order valence-corrected chi connectivity index (χ2v) is 25.6. The quantitative estimate of drug-likeness (QED) is 0.0211. The van der Waals surface area contributed by atoms with Crippen LogP contribution >= 0.6 is 7.82 Å². The zero-order chi connectivity index (χ0) is 65.5. The Labute approximate surface area is 552 Å². The van der Waals surface area contributed by atoms with Crippen molar-refractivity contribution in [1.29, 1.82) is 0 Å². The van der Waals surface area contributed by atoms with Crippen LogP contribution in [-0.4, -0.2) is 74.9 Å². The third kappa shape index (κ3) is 72.2. The van der Waals surface area contributed by atoms with Crippen LogP contribution in [0.25, 0.3) is 0 Å². The summed E-state index contributed by atoms with van der Waals surface area (Å²) in [6, 6.07) is 0. The molecule has 9 nitrogen and oxygen atoms in total. The molecule has 2 unspecified atom stereocenters. The van der Waals surface area contributed by atoms with E-state index in [0.29, 0.717) is 17.4 Å². The fraction of sp³-hybridized carbons (Fsp3) is 0.600. The highest BCUT2D eigenvalue weighted by atomic mass is 31.2. The Morgan fingerprint density at radius 3 is 0.889 bits per heavy atom. The van der Waals surface area contributed by atoms with E-state index in [4.69, 9.17) is 18.5 Å². The number of phosphoric acid groups is 1. The molecule has 0 bridgehead atoms. The lowest BCUT2D eigenvalue weighted by Gasteiger charge is -2.24. The monoisotopic (exact) mass is 1260 g/mol. The number of nitrogens with zero attached hydrogens (tertiary/aromatic N) is 1. The van der Waals surface area contributed by atoms with Crippen molar-refractivity contribution in [3.63, 3.8) is 0 Å². The molecule has 0 saturated carbocycles. The van der Waals surface area contributed by atoms with E-state index in [-0.39, 0.29) is 32.0 Å². The number of ether oxygens (including phenoxy) is 2. The number of esters is 2. The number of quaternary nitrogens is 1. The molecule has 0 amide bonds. The molecule has 0 saturated heterocycles. The topological polar surface area (TPSA) is 108 Å². The van der Waals surface area contributed by atoms with Gasteiger partial charge in [-0.05, 0) is 135 Å². The van der Waals surface area contributed by atoms with Crippen molar-refractivity contribution in [3.8, 4) is 0 Å². The Morgan fingerprint density at radius 1 is 0.344 bits per heavy atom. The Kier molecular flexibility index (Phi) is 64.8. The lowest BCUT2D eigenvalue weighted by atomic mass is 10.0. The van der Waals surface area contributed by atoms with E-state index < -0.39 is 26.5 Å². The van der Waals surface area contributed by atoms with Gasteiger partial charge in [0.2, 0.25) is 0 Å². The minimum Gasteiger partial charge on any atom is -0.462 e. The fourth-order valence-corrected chi connectivity index (χ4v) is 9.81. The standard InChI is InChI=1S/C80H130NO8P/c1-6-8-10-12-14-16-18-20-22-24-26-28-30-32-34-36-38-39-40-41-43-45-47-49-51-53-55-57-59-61-63-65-67-69-71-73-80(83)89-78(77-88-90(84,85)87-75-74-81(3,4)5)76-86-79(82)72-70-68-66-64-62-60-58-56-54-52-50-48-46-44-42-37-35-33-31-29-27-25-23-21-19-17-15-13-11-9-7-2/h8-11,14-17,20-23,26-29,32-35,38-39,41,43,47,49,53,55,59,61,78H,6-7,12-13,18-19,24-25,30-31,36-37,40,42,44-46,48,50-52,54,56-58,60,62-77H2,1-5H3/p+1/b10-8-,11-9-,16-14-,17-15-,22-20-,23-21-,28-26-,29-27-,34-32-,35-33-,39-38-,43-41-,49-47-,55-53-,61-59-. The summed E-state index contributed by atoms with van der Waals surface area (Å²) < 4.78 is 34.7. The molecule has 0 aromatic carbocycles. The molecule has 0 rings (SSSR count). The smallest absolute Gasteiger partial charge is 0.462 e. The third-order valence-corrected chi connectivity index (χ3v) is 15.4. The molecule has 0 fully saturated rings. The highest BCUT2D eigenvalue weighted by molar-refractivity contribution is 7.47. The van der Waals surface area contributed by atoms with Gasteiger partial charge in [-0.1, -0.05) is 292 Å². The highest BCUT2D eigenvalue weighted by Gasteiger charge is 2.27. The van der Waals surface area contributed by atoms with E-state index in [1.54, 1.807) is 0 Å². The maximum Gasteiger partial charge on any atom is 0.472 e. The lowest BCUT2D eigenvalue weighted by Crippen LogP contribution is -2.37. The van der Waals surface area contributed by atoms with Crippen LogP contribution in [0.15, 0.2) is 182 Å². The Balaban J connectivity index is 4.17. The van der Waals surface area contributed by atoms with Crippen LogP contribution < -0.4 is 0 Å². The SMILES string of the molecule is CC/C=C\C/C=C\C/C=C\C/C=C\C/C=C\C/C=C\C/C=C\C/C=C\C/C=C\C/C=C\CCCCCCC(=O)OC(COC(=O)CCCCCCCCCCCCCCCCC/C=C\C/C=C\C/C=C\C/C=C\C/C=C\CC)COP(=O)(O)OCC[N+](C)(C)C. The minimum absolute atomic E-state index is 0.0170. The van der Waals surface area contributed by atoms with E-state index in [1.165, 1.54) is 83.5 Å². The third-order valence-electron chi connectivity index (χ3n) is 14.4. The Hall–Kier alpha value is -4.89. The molecule has 10 heteroatoms. The molecular weight excluding hydrogens is 1130 g/mol. The van der Waals surface area contributed by atoms with E-state index in [1.807, 2.05) is 21.1 Å². The van der Waals surface area contributed by atoms with Gasteiger partial charge in [0, 0.05) is 12.8 Å². The zero-order valence-corrected chi connectivity index (χ0v) is 58.7. The Morgan fingerprint density at radius 2 is 0.600 bits per heavy atom. The molecule has 0 heterocycles. The van der Waals surface area contributed by atoms with Crippen molar-refractivity contribution in [3.05, 3.63) is 182 Å². The van der Waals surface area contributed by atoms with Gasteiger partial charge in [0.15, 0.2) is 6.10 Å². The van der Waals surface area contributed by atoms with E-state index >= 15 is 0 Å². The normalized spacial score (nSPS) is 14.2. The van der Waals surface area contributed by atoms with Gasteiger partial charge in [-0.25, -0.2) is 4.57 Å². The van der Waals surface area contributed by atoms with Crippen molar-refractivity contribution in [1.82, 2.24) is 0 Å². The first kappa shape index (κ1) is 85.1. The van der Waals surface area contributed by atoms with Crippen LogP contribution in [-0.2, 0) is 32.7 Å². The fourth-order valence-electron chi connectivity index (χ4n) is 9.07. The number of rotatable bonds is 63. The summed E-state index contributed by atoms with van der Waals surface area (Å²) in [5, 5.41) is 0. The molecule has 0 aromatic heterocycles. The number of hydrogen-bond acceptors (Lipinski definition) is 7. The van der Waals surface area contributed by atoms with Gasteiger partial charge in [0.25, 0.3) is 0 Å². The number of unbranched alkanes of at least 4 members (excludes halogenated alkanes) is 19. The summed E-state index contributed by atoms with van der Waals surface area (Å²) in [7, 11) is 1.44. The second kappa shape index (κ2) is 68.5. The van der Waals surface area contributed by atoms with Crippen LogP contribution in [0, 0.1) is 0 Å². The number of phosphoric ester groups is 1. The maximum absolute atomic E-state index is 12.9. The number of likely N-dealkylation sites (N-methyl/N-ethyl adjacent to an activating group) is 1.